The first-order valence-electron chi connectivity index (χ1n) is 8.61. The zero-order chi connectivity index (χ0) is 20.3. The van der Waals surface area contributed by atoms with E-state index in [1.807, 2.05) is 0 Å². The highest BCUT2D eigenvalue weighted by atomic mass is 32.2. The molecule has 0 atom stereocenters. The van der Waals surface area contributed by atoms with E-state index in [1.165, 1.54) is 13.2 Å². The van der Waals surface area contributed by atoms with Crippen LogP contribution in [0.3, 0.4) is 0 Å². The van der Waals surface area contributed by atoms with Gasteiger partial charge < -0.3 is 4.74 Å². The lowest BCUT2D eigenvalue weighted by atomic mass is 10.0. The van der Waals surface area contributed by atoms with Crippen LogP contribution in [-0.2, 0) is 10.0 Å². The number of rotatable bonds is 7. The van der Waals surface area contributed by atoms with Crippen molar-refractivity contribution >= 4 is 32.4 Å². The average molecular weight is 402 g/mol. The molecule has 0 amide bonds. The summed E-state index contributed by atoms with van der Waals surface area (Å²) in [4.78, 5) is 17.1. The Hall–Kier alpha value is -3.00. The van der Waals surface area contributed by atoms with Crippen LogP contribution in [0.25, 0.3) is 10.9 Å². The van der Waals surface area contributed by atoms with Crippen molar-refractivity contribution in [3.05, 3.63) is 65.6 Å². The van der Waals surface area contributed by atoms with Crippen molar-refractivity contribution in [2.24, 2.45) is 0 Å². The van der Waals surface area contributed by atoms with Crippen molar-refractivity contribution in [2.75, 3.05) is 17.6 Å². The van der Waals surface area contributed by atoms with Gasteiger partial charge >= 0.3 is 0 Å². The second-order valence-corrected chi connectivity index (χ2v) is 8.10. The van der Waals surface area contributed by atoms with Crippen molar-refractivity contribution < 1.29 is 22.3 Å². The molecule has 0 fully saturated rings. The van der Waals surface area contributed by atoms with Gasteiger partial charge in [-0.1, -0.05) is 6.92 Å². The number of hydrogen-bond acceptors (Lipinski definition) is 5. The predicted octanol–water partition coefficient (Wildman–Crippen LogP) is 3.77. The summed E-state index contributed by atoms with van der Waals surface area (Å²) >= 11 is 0. The highest BCUT2D eigenvalue weighted by Crippen LogP contribution is 2.23. The number of methoxy groups -OCH3 is 1. The van der Waals surface area contributed by atoms with Crippen molar-refractivity contribution in [2.45, 2.75) is 13.3 Å². The number of ketones is 1. The highest BCUT2D eigenvalue weighted by Gasteiger charge is 2.15. The van der Waals surface area contributed by atoms with Crippen LogP contribution < -0.4 is 9.46 Å². The molecule has 0 saturated carbocycles. The quantitative estimate of drug-likeness (QED) is 0.608. The van der Waals surface area contributed by atoms with E-state index in [0.29, 0.717) is 28.6 Å². The Labute approximate surface area is 162 Å². The van der Waals surface area contributed by atoms with Gasteiger partial charge in [0.15, 0.2) is 5.78 Å². The van der Waals surface area contributed by atoms with Gasteiger partial charge in [0, 0.05) is 16.5 Å². The second kappa shape index (κ2) is 7.93. The molecular weight excluding hydrogens is 383 g/mol. The van der Waals surface area contributed by atoms with Gasteiger partial charge in [-0.3, -0.25) is 14.5 Å². The molecule has 1 heterocycles. The maximum absolute atomic E-state index is 14.0. The summed E-state index contributed by atoms with van der Waals surface area (Å²) in [5.74, 6) is -0.674. The maximum Gasteiger partial charge on any atom is 0.232 e. The van der Waals surface area contributed by atoms with Crippen LogP contribution in [0, 0.1) is 5.82 Å². The molecule has 0 saturated heterocycles. The first-order valence-corrected chi connectivity index (χ1v) is 10.3. The van der Waals surface area contributed by atoms with Gasteiger partial charge in [0.05, 0.1) is 30.3 Å². The highest BCUT2D eigenvalue weighted by molar-refractivity contribution is 7.92. The van der Waals surface area contributed by atoms with Crippen molar-refractivity contribution in [1.82, 2.24) is 4.98 Å². The fourth-order valence-corrected chi connectivity index (χ4v) is 3.93. The number of aromatic nitrogens is 1. The number of benzene rings is 2. The lowest BCUT2D eigenvalue weighted by Gasteiger charge is -2.10. The lowest BCUT2D eigenvalue weighted by molar-refractivity contribution is 0.103. The number of nitrogens with one attached hydrogen (secondary N) is 1. The van der Waals surface area contributed by atoms with Crippen LogP contribution in [0.4, 0.5) is 10.1 Å². The first kappa shape index (κ1) is 19.8. The van der Waals surface area contributed by atoms with Gasteiger partial charge in [-0.05, 0) is 48.9 Å². The summed E-state index contributed by atoms with van der Waals surface area (Å²) < 4.78 is 45.3. The molecule has 1 N–H and O–H groups in total. The number of carbonyl (C=O) groups excluding carboxylic acids is 1. The molecule has 0 bridgehead atoms. The monoisotopic (exact) mass is 402 g/mol. The molecule has 0 aliphatic carbocycles. The zero-order valence-corrected chi connectivity index (χ0v) is 16.2. The summed E-state index contributed by atoms with van der Waals surface area (Å²) in [6, 6.07) is 10.1. The fourth-order valence-electron chi connectivity index (χ4n) is 2.81. The number of ether oxygens (including phenoxy) is 1. The Morgan fingerprint density at radius 2 is 1.93 bits per heavy atom. The summed E-state index contributed by atoms with van der Waals surface area (Å²) in [6.07, 6.45) is 2.00. The third-order valence-corrected chi connectivity index (χ3v) is 5.55. The topological polar surface area (TPSA) is 85.4 Å². The van der Waals surface area contributed by atoms with Gasteiger partial charge in [0.25, 0.3) is 0 Å². The molecule has 146 valence electrons. The SMILES string of the molecule is CCCS(=O)(=O)Nc1cc(F)cc(C(=O)c2ccc3ncc(OC)cc3c2)c1. The van der Waals surface area contributed by atoms with E-state index in [4.69, 9.17) is 4.74 Å². The van der Waals surface area contributed by atoms with Gasteiger partial charge in [0.2, 0.25) is 10.0 Å². The molecule has 0 unspecified atom stereocenters. The summed E-state index contributed by atoms with van der Waals surface area (Å²) in [5.41, 5.74) is 1.07. The number of anilines is 1. The number of sulfonamides is 1. The van der Waals surface area contributed by atoms with E-state index in [0.717, 1.165) is 12.1 Å². The Morgan fingerprint density at radius 3 is 2.64 bits per heavy atom. The van der Waals surface area contributed by atoms with E-state index in [9.17, 15) is 17.6 Å². The number of carbonyl (C=O) groups is 1. The van der Waals surface area contributed by atoms with Crippen LogP contribution in [0.15, 0.2) is 48.7 Å². The molecule has 0 aliphatic heterocycles. The normalized spacial score (nSPS) is 11.4. The Bertz CT molecular complexity index is 1150. The number of pyridine rings is 1. The molecule has 0 radical (unpaired) electrons. The van der Waals surface area contributed by atoms with Crippen LogP contribution in [0.1, 0.15) is 29.3 Å². The van der Waals surface area contributed by atoms with Crippen LogP contribution in [0.5, 0.6) is 5.75 Å². The van der Waals surface area contributed by atoms with E-state index < -0.39 is 21.6 Å². The van der Waals surface area contributed by atoms with E-state index in [-0.39, 0.29) is 17.0 Å². The maximum atomic E-state index is 14.0. The minimum Gasteiger partial charge on any atom is -0.495 e. The third kappa shape index (κ3) is 4.45. The molecule has 0 aliphatic rings. The van der Waals surface area contributed by atoms with Gasteiger partial charge in [-0.25, -0.2) is 12.8 Å². The van der Waals surface area contributed by atoms with Crippen molar-refractivity contribution in [1.29, 1.82) is 0 Å². The third-order valence-electron chi connectivity index (χ3n) is 4.06. The summed E-state index contributed by atoms with van der Waals surface area (Å²) in [5, 5.41) is 0.700. The molecule has 6 nitrogen and oxygen atoms in total. The molecule has 3 rings (SSSR count). The van der Waals surface area contributed by atoms with Gasteiger partial charge in [0.1, 0.15) is 11.6 Å². The number of fused-ring (bicyclic) bond motifs is 1. The number of hydrogen-bond donors (Lipinski definition) is 1. The smallest absolute Gasteiger partial charge is 0.232 e. The van der Waals surface area contributed by atoms with Crippen LogP contribution in [-0.4, -0.2) is 32.0 Å². The second-order valence-electron chi connectivity index (χ2n) is 6.26. The van der Waals surface area contributed by atoms with Crippen molar-refractivity contribution in [3.63, 3.8) is 0 Å². The van der Waals surface area contributed by atoms with Crippen LogP contribution >= 0.6 is 0 Å². The standard InChI is InChI=1S/C20H19FN2O4S/c1-3-6-28(25,26)23-17-9-15(8-16(21)11-17)20(24)13-4-5-19-14(7-13)10-18(27-2)12-22-19/h4-5,7-12,23H,3,6H2,1-2H3. The molecule has 3 aromatic rings. The molecule has 1 aromatic heterocycles. The number of halogens is 1. The molecular formula is C20H19FN2O4S. The Morgan fingerprint density at radius 1 is 1.14 bits per heavy atom. The molecule has 28 heavy (non-hydrogen) atoms. The molecule has 8 heteroatoms. The fraction of sp³-hybridized carbons (Fsp3) is 0.200. The minimum absolute atomic E-state index is 0.0147. The largest absolute Gasteiger partial charge is 0.495 e. The lowest BCUT2D eigenvalue weighted by Crippen LogP contribution is -2.16. The van der Waals surface area contributed by atoms with Crippen LogP contribution in [0.2, 0.25) is 0 Å². The summed E-state index contributed by atoms with van der Waals surface area (Å²) in [6.45, 7) is 1.73. The Kier molecular flexibility index (Phi) is 5.60. The first-order chi connectivity index (χ1) is 13.3. The summed E-state index contributed by atoms with van der Waals surface area (Å²) in [7, 11) is -2.08. The minimum atomic E-state index is -3.60. The van der Waals surface area contributed by atoms with Gasteiger partial charge in [-0.15, -0.1) is 0 Å². The van der Waals surface area contributed by atoms with E-state index in [2.05, 4.69) is 9.71 Å². The Balaban J connectivity index is 1.97. The van der Waals surface area contributed by atoms with Gasteiger partial charge in [-0.2, -0.15) is 0 Å². The average Bonchev–Trinajstić information content (AvgIpc) is 2.65. The van der Waals surface area contributed by atoms with Crippen molar-refractivity contribution in [3.8, 4) is 5.75 Å². The zero-order valence-electron chi connectivity index (χ0n) is 15.4. The predicted molar refractivity (Wildman–Crippen MR) is 106 cm³/mol. The molecule has 2 aromatic carbocycles. The van der Waals surface area contributed by atoms with E-state index in [1.54, 1.807) is 37.4 Å². The van der Waals surface area contributed by atoms with E-state index >= 15 is 0 Å². The number of nitrogens with zero attached hydrogens (tertiary/aromatic N) is 1. The molecule has 0 spiro atoms.